The fraction of sp³-hybridized carbons (Fsp3) is 0.0833. The van der Waals surface area contributed by atoms with Crippen molar-refractivity contribution in [3.63, 3.8) is 0 Å². The molecule has 51 heavy (non-hydrogen) atoms. The maximum absolute atomic E-state index is 10.0. The SMILES string of the molecule is N#Cc1ccc2c(c1)C(c1ccccc1)(c1ccccc1)C1C=C(c3cccc(C4=NC(c5ccccc5)NC(c5ccccc5)=C4)c3)C=CC21. The average molecular weight is 654 g/mol. The Bertz CT molecular complexity index is 2360. The minimum absolute atomic E-state index is 0.0955. The van der Waals surface area contributed by atoms with Crippen molar-refractivity contribution < 1.29 is 0 Å². The number of aliphatic imine (C=N–C) groups is 1. The van der Waals surface area contributed by atoms with E-state index in [4.69, 9.17) is 4.99 Å². The van der Waals surface area contributed by atoms with Crippen LogP contribution in [-0.4, -0.2) is 5.71 Å². The maximum atomic E-state index is 10.0. The number of rotatable bonds is 6. The van der Waals surface area contributed by atoms with Gasteiger partial charge in [-0.1, -0.05) is 164 Å². The summed E-state index contributed by atoms with van der Waals surface area (Å²) in [5, 5.41) is 13.7. The second-order valence-electron chi connectivity index (χ2n) is 13.5. The van der Waals surface area contributed by atoms with Crippen molar-refractivity contribution in [3.8, 4) is 6.07 Å². The molecule has 0 radical (unpaired) electrons. The van der Waals surface area contributed by atoms with Crippen LogP contribution >= 0.6 is 0 Å². The molecule has 9 rings (SSSR count). The van der Waals surface area contributed by atoms with Crippen LogP contribution in [0, 0.1) is 17.2 Å². The van der Waals surface area contributed by atoms with Gasteiger partial charge in [0.2, 0.25) is 0 Å². The van der Waals surface area contributed by atoms with E-state index < -0.39 is 5.41 Å². The number of benzene rings is 6. The molecular formula is C48H35N3. The highest BCUT2D eigenvalue weighted by molar-refractivity contribution is 6.13. The number of fused-ring (bicyclic) bond motifs is 3. The third-order valence-electron chi connectivity index (χ3n) is 10.7. The van der Waals surface area contributed by atoms with Crippen LogP contribution in [0.3, 0.4) is 0 Å². The summed E-state index contributed by atoms with van der Waals surface area (Å²) in [6, 6.07) is 60.1. The van der Waals surface area contributed by atoms with E-state index in [2.05, 4.69) is 181 Å². The van der Waals surface area contributed by atoms with E-state index in [1.165, 1.54) is 27.8 Å². The number of hydrogen-bond acceptors (Lipinski definition) is 3. The highest BCUT2D eigenvalue weighted by atomic mass is 15.1. The van der Waals surface area contributed by atoms with Crippen LogP contribution in [0.4, 0.5) is 0 Å². The molecule has 1 heterocycles. The molecule has 2 aliphatic carbocycles. The van der Waals surface area contributed by atoms with Gasteiger partial charge in [0.05, 0.1) is 22.8 Å². The monoisotopic (exact) mass is 653 g/mol. The van der Waals surface area contributed by atoms with Crippen molar-refractivity contribution in [1.82, 2.24) is 5.32 Å². The molecule has 3 heteroatoms. The molecule has 0 fully saturated rings. The zero-order valence-corrected chi connectivity index (χ0v) is 28.0. The van der Waals surface area contributed by atoms with Crippen LogP contribution in [-0.2, 0) is 5.41 Å². The van der Waals surface area contributed by atoms with E-state index in [-0.39, 0.29) is 18.0 Å². The summed E-state index contributed by atoms with van der Waals surface area (Å²) in [6.07, 6.45) is 9.12. The minimum atomic E-state index is -0.474. The summed E-state index contributed by atoms with van der Waals surface area (Å²) in [7, 11) is 0. The molecule has 0 bridgehead atoms. The molecule has 1 N–H and O–H groups in total. The standard InChI is InChI=1S/C48H35N3/c49-32-33-24-26-41-42-27-25-37(30-44(42)48(43(41)28-33,39-20-9-3-10-21-39)40-22-11-4-12-23-40)36-18-13-19-38(29-36)46-31-45(34-14-5-1-6-15-34)50-47(51-46)35-16-7-2-8-17-35/h1-31,42,44,47,50H. The molecule has 0 amide bonds. The molecule has 242 valence electrons. The minimum Gasteiger partial charge on any atom is -0.360 e. The summed E-state index contributed by atoms with van der Waals surface area (Å²) in [6.45, 7) is 0. The Hall–Kier alpha value is -6.50. The Morgan fingerprint density at radius 2 is 1.25 bits per heavy atom. The quantitative estimate of drug-likeness (QED) is 0.194. The lowest BCUT2D eigenvalue weighted by Gasteiger charge is -2.39. The van der Waals surface area contributed by atoms with Gasteiger partial charge in [-0.3, -0.25) is 4.99 Å². The van der Waals surface area contributed by atoms with Gasteiger partial charge >= 0.3 is 0 Å². The Labute approximate surface area is 299 Å². The van der Waals surface area contributed by atoms with Crippen LogP contribution in [0.2, 0.25) is 0 Å². The summed E-state index contributed by atoms with van der Waals surface area (Å²) >= 11 is 0. The number of nitriles is 1. The van der Waals surface area contributed by atoms with Gasteiger partial charge in [-0.05, 0) is 68.8 Å². The Morgan fingerprint density at radius 3 is 1.94 bits per heavy atom. The van der Waals surface area contributed by atoms with Gasteiger partial charge in [0.25, 0.3) is 0 Å². The van der Waals surface area contributed by atoms with Gasteiger partial charge in [-0.2, -0.15) is 5.26 Å². The van der Waals surface area contributed by atoms with E-state index >= 15 is 0 Å². The predicted octanol–water partition coefficient (Wildman–Crippen LogP) is 10.4. The van der Waals surface area contributed by atoms with Crippen molar-refractivity contribution in [3.05, 3.63) is 238 Å². The fourth-order valence-electron chi connectivity index (χ4n) is 8.39. The van der Waals surface area contributed by atoms with Crippen molar-refractivity contribution in [2.45, 2.75) is 17.5 Å². The van der Waals surface area contributed by atoms with E-state index in [0.29, 0.717) is 5.56 Å². The van der Waals surface area contributed by atoms with Gasteiger partial charge in [0.1, 0.15) is 6.17 Å². The third-order valence-corrected chi connectivity index (χ3v) is 10.7. The first-order valence-corrected chi connectivity index (χ1v) is 17.6. The number of allylic oxidation sites excluding steroid dienone is 5. The molecule has 0 saturated heterocycles. The van der Waals surface area contributed by atoms with Crippen LogP contribution in [0.1, 0.15) is 62.2 Å². The van der Waals surface area contributed by atoms with E-state index in [1.54, 1.807) is 0 Å². The lowest BCUT2D eigenvalue weighted by atomic mass is 9.62. The van der Waals surface area contributed by atoms with Gasteiger partial charge in [0, 0.05) is 23.1 Å². The molecule has 6 aromatic rings. The first-order valence-electron chi connectivity index (χ1n) is 17.6. The first-order chi connectivity index (χ1) is 25.2. The number of nitrogens with zero attached hydrogens (tertiary/aromatic N) is 2. The van der Waals surface area contributed by atoms with Gasteiger partial charge in [-0.25, -0.2) is 0 Å². The summed E-state index contributed by atoms with van der Waals surface area (Å²) < 4.78 is 0. The highest BCUT2D eigenvalue weighted by Gasteiger charge is 2.53. The zero-order valence-electron chi connectivity index (χ0n) is 28.0. The van der Waals surface area contributed by atoms with Crippen LogP contribution in [0.5, 0.6) is 0 Å². The van der Waals surface area contributed by atoms with Crippen molar-refractivity contribution >= 4 is 17.0 Å². The topological polar surface area (TPSA) is 48.2 Å². The summed E-state index contributed by atoms with van der Waals surface area (Å²) in [5.41, 5.74) is 12.8. The Balaban J connectivity index is 1.18. The highest BCUT2D eigenvalue weighted by Crippen LogP contribution is 2.60. The lowest BCUT2D eigenvalue weighted by molar-refractivity contribution is 0.458. The van der Waals surface area contributed by atoms with Crippen molar-refractivity contribution in [2.75, 3.05) is 0 Å². The number of nitrogens with one attached hydrogen (secondary N) is 1. The molecule has 3 atom stereocenters. The normalized spacial score (nSPS) is 19.7. The second-order valence-corrected chi connectivity index (χ2v) is 13.5. The van der Waals surface area contributed by atoms with Crippen LogP contribution < -0.4 is 5.32 Å². The summed E-state index contributed by atoms with van der Waals surface area (Å²) in [5.74, 6) is 0.259. The molecule has 6 aromatic carbocycles. The third kappa shape index (κ3) is 5.25. The summed E-state index contributed by atoms with van der Waals surface area (Å²) in [4.78, 5) is 5.25. The zero-order chi connectivity index (χ0) is 34.2. The molecular weight excluding hydrogens is 619 g/mol. The first kappa shape index (κ1) is 30.6. The van der Waals surface area contributed by atoms with Crippen LogP contribution in [0.15, 0.2) is 193 Å². The smallest absolute Gasteiger partial charge is 0.145 e. The van der Waals surface area contributed by atoms with Gasteiger partial charge in [-0.15, -0.1) is 0 Å². The van der Waals surface area contributed by atoms with Gasteiger partial charge in [0.15, 0.2) is 0 Å². The van der Waals surface area contributed by atoms with Crippen molar-refractivity contribution in [2.24, 2.45) is 10.9 Å². The van der Waals surface area contributed by atoms with Gasteiger partial charge < -0.3 is 5.32 Å². The average Bonchev–Trinajstić information content (AvgIpc) is 3.51. The molecule has 3 unspecified atom stereocenters. The molecule has 0 spiro atoms. The van der Waals surface area contributed by atoms with E-state index in [0.717, 1.165) is 33.7 Å². The van der Waals surface area contributed by atoms with Crippen LogP contribution in [0.25, 0.3) is 11.3 Å². The largest absolute Gasteiger partial charge is 0.360 e. The molecule has 1 aliphatic heterocycles. The molecule has 0 aromatic heterocycles. The molecule has 3 aliphatic rings. The Morgan fingerprint density at radius 1 is 0.627 bits per heavy atom. The molecule has 0 saturated carbocycles. The molecule has 3 nitrogen and oxygen atoms in total. The predicted molar refractivity (Wildman–Crippen MR) is 207 cm³/mol. The van der Waals surface area contributed by atoms with Crippen molar-refractivity contribution in [1.29, 1.82) is 5.26 Å². The fourth-order valence-corrected chi connectivity index (χ4v) is 8.39. The second kappa shape index (κ2) is 12.8. The maximum Gasteiger partial charge on any atom is 0.145 e. The lowest BCUT2D eigenvalue weighted by Crippen LogP contribution is -2.35. The van der Waals surface area contributed by atoms with E-state index in [9.17, 15) is 5.26 Å². The number of hydrogen-bond donors (Lipinski definition) is 1. The Kier molecular flexibility index (Phi) is 7.64. The van der Waals surface area contributed by atoms with E-state index in [1.807, 2.05) is 18.2 Å².